The normalized spacial score (nSPS) is 22.4. The van der Waals surface area contributed by atoms with Gasteiger partial charge in [0.25, 0.3) is 0 Å². The second kappa shape index (κ2) is 6.25. The number of hydrogen-bond acceptors (Lipinski definition) is 3. The Hall–Kier alpha value is -0.900. The lowest BCUT2D eigenvalue weighted by Gasteiger charge is -2.43. The van der Waals surface area contributed by atoms with E-state index in [-0.39, 0.29) is 5.60 Å². The third-order valence-electron chi connectivity index (χ3n) is 4.26. The van der Waals surface area contributed by atoms with Crippen molar-refractivity contribution in [2.45, 2.75) is 45.4 Å². The first-order valence-electron chi connectivity index (χ1n) is 7.55. The highest BCUT2D eigenvalue weighted by molar-refractivity contribution is 5.25. The zero-order valence-electron chi connectivity index (χ0n) is 13.4. The molecule has 3 heteroatoms. The van der Waals surface area contributed by atoms with Crippen LogP contribution >= 0.6 is 0 Å². The van der Waals surface area contributed by atoms with E-state index >= 15 is 0 Å². The minimum Gasteiger partial charge on any atom is -0.373 e. The van der Waals surface area contributed by atoms with E-state index in [4.69, 9.17) is 4.74 Å². The fourth-order valence-electron chi connectivity index (χ4n) is 3.07. The molecule has 1 aromatic rings. The fraction of sp³-hybridized carbons (Fsp3) is 0.647. The van der Waals surface area contributed by atoms with Gasteiger partial charge in [0.15, 0.2) is 0 Å². The van der Waals surface area contributed by atoms with Gasteiger partial charge < -0.3 is 10.1 Å². The molecule has 112 valence electrons. The van der Waals surface area contributed by atoms with Crippen molar-refractivity contribution in [2.24, 2.45) is 0 Å². The van der Waals surface area contributed by atoms with Crippen LogP contribution in [0.2, 0.25) is 0 Å². The molecule has 0 radical (unpaired) electrons. The summed E-state index contributed by atoms with van der Waals surface area (Å²) in [5, 5.41) is 3.48. The maximum Gasteiger partial charge on any atom is 0.0753 e. The number of nitrogens with one attached hydrogen (secondary N) is 1. The summed E-state index contributed by atoms with van der Waals surface area (Å²) in [7, 11) is 2.05. The Bertz CT molecular complexity index is 427. The van der Waals surface area contributed by atoms with Crippen LogP contribution in [0, 0.1) is 6.92 Å². The summed E-state index contributed by atoms with van der Waals surface area (Å²) in [6, 6.07) is 9.65. The number of benzene rings is 1. The predicted molar refractivity (Wildman–Crippen MR) is 84.0 cm³/mol. The summed E-state index contributed by atoms with van der Waals surface area (Å²) >= 11 is 0. The molecule has 2 atom stereocenters. The molecule has 0 aromatic heterocycles. The Morgan fingerprint density at radius 2 is 1.90 bits per heavy atom. The van der Waals surface area contributed by atoms with Crippen molar-refractivity contribution in [3.8, 4) is 0 Å². The lowest BCUT2D eigenvalue weighted by atomic mass is 9.96. The van der Waals surface area contributed by atoms with E-state index in [1.54, 1.807) is 0 Å². The molecule has 1 saturated heterocycles. The standard InChI is InChI=1S/C17H28N2O/c1-13-6-8-15(9-7-13)16(18-5)14(2)19-10-11-20-17(3,4)12-19/h6-9,14,16,18H,10-12H2,1-5H3. The number of aryl methyl sites for hydroxylation is 1. The average molecular weight is 276 g/mol. The molecule has 0 bridgehead atoms. The molecule has 1 heterocycles. The Morgan fingerprint density at radius 1 is 1.25 bits per heavy atom. The summed E-state index contributed by atoms with van der Waals surface area (Å²) in [4.78, 5) is 2.53. The molecule has 0 aliphatic carbocycles. The van der Waals surface area contributed by atoms with E-state index in [0.29, 0.717) is 12.1 Å². The van der Waals surface area contributed by atoms with Crippen LogP contribution in [-0.4, -0.2) is 43.3 Å². The summed E-state index contributed by atoms with van der Waals surface area (Å²) in [6.07, 6.45) is 0. The van der Waals surface area contributed by atoms with Gasteiger partial charge in [-0.05, 0) is 40.3 Å². The second-order valence-corrected chi connectivity index (χ2v) is 6.50. The van der Waals surface area contributed by atoms with Crippen LogP contribution < -0.4 is 5.32 Å². The van der Waals surface area contributed by atoms with Crippen molar-refractivity contribution in [3.63, 3.8) is 0 Å². The molecule has 0 amide bonds. The van der Waals surface area contributed by atoms with Crippen LogP contribution in [0.5, 0.6) is 0 Å². The lowest BCUT2D eigenvalue weighted by molar-refractivity contribution is -0.0985. The van der Waals surface area contributed by atoms with Gasteiger partial charge >= 0.3 is 0 Å². The van der Waals surface area contributed by atoms with Crippen LogP contribution in [-0.2, 0) is 4.74 Å². The third kappa shape index (κ3) is 3.60. The van der Waals surface area contributed by atoms with Crippen molar-refractivity contribution >= 4 is 0 Å². The van der Waals surface area contributed by atoms with Gasteiger partial charge in [0.2, 0.25) is 0 Å². The van der Waals surface area contributed by atoms with Crippen molar-refractivity contribution in [2.75, 3.05) is 26.7 Å². The molecule has 2 unspecified atom stereocenters. The average Bonchev–Trinajstić information content (AvgIpc) is 2.40. The minimum absolute atomic E-state index is 0.0436. The van der Waals surface area contributed by atoms with Gasteiger partial charge in [-0.25, -0.2) is 0 Å². The number of nitrogens with zero attached hydrogens (tertiary/aromatic N) is 1. The second-order valence-electron chi connectivity index (χ2n) is 6.50. The lowest BCUT2D eigenvalue weighted by Crippen LogP contribution is -2.54. The van der Waals surface area contributed by atoms with Gasteiger partial charge in [0, 0.05) is 25.2 Å². The summed E-state index contributed by atoms with van der Waals surface area (Å²) in [5.74, 6) is 0. The topological polar surface area (TPSA) is 24.5 Å². The maximum atomic E-state index is 5.82. The highest BCUT2D eigenvalue weighted by Gasteiger charge is 2.32. The van der Waals surface area contributed by atoms with E-state index in [2.05, 4.69) is 62.2 Å². The smallest absolute Gasteiger partial charge is 0.0753 e. The van der Waals surface area contributed by atoms with Crippen molar-refractivity contribution < 1.29 is 4.74 Å². The maximum absolute atomic E-state index is 5.82. The van der Waals surface area contributed by atoms with Crippen LogP contribution in [0.15, 0.2) is 24.3 Å². The Kier molecular flexibility index (Phi) is 4.84. The molecule has 1 N–H and O–H groups in total. The number of likely N-dealkylation sites (N-methyl/N-ethyl adjacent to an activating group) is 1. The van der Waals surface area contributed by atoms with Crippen LogP contribution in [0.25, 0.3) is 0 Å². The number of ether oxygens (including phenoxy) is 1. The molecule has 1 aromatic carbocycles. The summed E-state index contributed by atoms with van der Waals surface area (Å²) in [5.41, 5.74) is 2.62. The summed E-state index contributed by atoms with van der Waals surface area (Å²) < 4.78 is 5.82. The third-order valence-corrected chi connectivity index (χ3v) is 4.26. The SMILES string of the molecule is CNC(c1ccc(C)cc1)C(C)N1CCOC(C)(C)C1. The Balaban J connectivity index is 2.12. The van der Waals surface area contributed by atoms with E-state index < -0.39 is 0 Å². The highest BCUT2D eigenvalue weighted by Crippen LogP contribution is 2.25. The van der Waals surface area contributed by atoms with Gasteiger partial charge in [-0.2, -0.15) is 0 Å². The van der Waals surface area contributed by atoms with Crippen LogP contribution in [0.4, 0.5) is 0 Å². The number of morpholine rings is 1. The Labute approximate surface area is 123 Å². The molecule has 20 heavy (non-hydrogen) atoms. The first kappa shape index (κ1) is 15.5. The molecule has 2 rings (SSSR count). The molecule has 1 fully saturated rings. The van der Waals surface area contributed by atoms with Crippen molar-refractivity contribution in [1.29, 1.82) is 0 Å². The number of rotatable bonds is 4. The summed E-state index contributed by atoms with van der Waals surface area (Å²) in [6.45, 7) is 11.6. The van der Waals surface area contributed by atoms with Crippen molar-refractivity contribution in [1.82, 2.24) is 10.2 Å². The zero-order chi connectivity index (χ0) is 14.8. The molecule has 1 aliphatic heterocycles. The van der Waals surface area contributed by atoms with Crippen LogP contribution in [0.1, 0.15) is 37.9 Å². The quantitative estimate of drug-likeness (QED) is 0.915. The fourth-order valence-corrected chi connectivity index (χ4v) is 3.07. The van der Waals surface area contributed by atoms with Gasteiger partial charge in [-0.15, -0.1) is 0 Å². The molecule has 3 nitrogen and oxygen atoms in total. The molecule has 1 aliphatic rings. The first-order valence-corrected chi connectivity index (χ1v) is 7.55. The molecular weight excluding hydrogens is 248 g/mol. The molecular formula is C17H28N2O. The zero-order valence-corrected chi connectivity index (χ0v) is 13.4. The van der Waals surface area contributed by atoms with Crippen LogP contribution in [0.3, 0.4) is 0 Å². The van der Waals surface area contributed by atoms with Gasteiger partial charge in [0.05, 0.1) is 12.2 Å². The van der Waals surface area contributed by atoms with Crippen molar-refractivity contribution in [3.05, 3.63) is 35.4 Å². The van der Waals surface area contributed by atoms with Gasteiger partial charge in [0.1, 0.15) is 0 Å². The van der Waals surface area contributed by atoms with E-state index in [9.17, 15) is 0 Å². The predicted octanol–water partition coefficient (Wildman–Crippen LogP) is 2.75. The molecule has 0 saturated carbocycles. The minimum atomic E-state index is -0.0436. The van der Waals surface area contributed by atoms with E-state index in [1.165, 1.54) is 11.1 Å². The number of hydrogen-bond donors (Lipinski definition) is 1. The highest BCUT2D eigenvalue weighted by atomic mass is 16.5. The molecule has 0 spiro atoms. The largest absolute Gasteiger partial charge is 0.373 e. The van der Waals surface area contributed by atoms with Gasteiger partial charge in [-0.1, -0.05) is 29.8 Å². The van der Waals surface area contributed by atoms with E-state index in [0.717, 1.165) is 19.7 Å². The van der Waals surface area contributed by atoms with Gasteiger partial charge in [-0.3, -0.25) is 4.90 Å². The Morgan fingerprint density at radius 3 is 2.45 bits per heavy atom. The van der Waals surface area contributed by atoms with E-state index in [1.807, 2.05) is 7.05 Å². The monoisotopic (exact) mass is 276 g/mol. The first-order chi connectivity index (χ1) is 9.43.